The Balaban J connectivity index is 1.55. The second kappa shape index (κ2) is 15.4. The molecule has 0 fully saturated rings. The van der Waals surface area contributed by atoms with Crippen molar-refractivity contribution in [3.63, 3.8) is 0 Å². The van der Waals surface area contributed by atoms with Crippen LogP contribution in [0.2, 0.25) is 0 Å². The van der Waals surface area contributed by atoms with E-state index in [1.807, 2.05) is 0 Å². The van der Waals surface area contributed by atoms with Crippen molar-refractivity contribution < 1.29 is 108 Å². The highest BCUT2D eigenvalue weighted by atomic mass is 19.4. The van der Waals surface area contributed by atoms with Crippen molar-refractivity contribution in [2.45, 2.75) is 79.9 Å². The van der Waals surface area contributed by atoms with Gasteiger partial charge in [-0.2, -0.15) is 79.0 Å². The first-order valence-electron chi connectivity index (χ1n) is 18.4. The number of hydrogen-bond acceptors (Lipinski definition) is 6. The number of fused-ring (bicyclic) bond motifs is 2. The first-order valence-corrected chi connectivity index (χ1v) is 18.4. The fourth-order valence-electron chi connectivity index (χ4n) is 7.95. The van der Waals surface area contributed by atoms with E-state index in [0.717, 1.165) is 19.9 Å². The zero-order valence-corrected chi connectivity index (χ0v) is 33.0. The van der Waals surface area contributed by atoms with Crippen LogP contribution in [-0.2, 0) is 23.0 Å². The molecule has 2 aliphatic rings. The van der Waals surface area contributed by atoms with E-state index in [1.54, 1.807) is 5.32 Å². The molecule has 4 amide bonds. The molecule has 3 N–H and O–H groups in total. The Kier molecular flexibility index (Phi) is 11.6. The van der Waals surface area contributed by atoms with Crippen LogP contribution in [0.3, 0.4) is 0 Å². The number of rotatable bonds is 8. The molecule has 0 unspecified atom stereocenters. The maximum atomic E-state index is 15.1. The van der Waals surface area contributed by atoms with E-state index < -0.39 is 161 Å². The van der Waals surface area contributed by atoms with Crippen molar-refractivity contribution in [2.24, 2.45) is 0 Å². The van der Waals surface area contributed by atoms with Crippen molar-refractivity contribution in [3.8, 4) is 0 Å². The summed E-state index contributed by atoms with van der Waals surface area (Å²) in [6.45, 7) is 2.21. The van der Waals surface area contributed by atoms with Crippen LogP contribution in [-0.4, -0.2) is 70.9 Å². The molecule has 6 rings (SSSR count). The lowest BCUT2D eigenvalue weighted by atomic mass is 9.71. The molecule has 0 saturated heterocycles. The smallest absolute Gasteiger partial charge is 0.369 e. The van der Waals surface area contributed by atoms with Crippen molar-refractivity contribution in [3.05, 3.63) is 134 Å². The summed E-state index contributed by atoms with van der Waals surface area (Å²) in [5, 5.41) is 22.4. The predicted octanol–water partition coefficient (Wildman–Crippen LogP) is 10.1. The van der Waals surface area contributed by atoms with Crippen LogP contribution in [0.1, 0.15) is 100 Å². The lowest BCUT2D eigenvalue weighted by molar-refractivity contribution is -0.376. The number of halogens is 18. The number of hydrogen-bond donors (Lipinski definition) is 3. The Morgan fingerprint density at radius 2 is 0.881 bits per heavy atom. The van der Waals surface area contributed by atoms with Crippen LogP contribution in [0.4, 0.5) is 84.7 Å². The van der Waals surface area contributed by atoms with Gasteiger partial charge in [-0.25, -0.2) is 4.90 Å². The van der Waals surface area contributed by atoms with Crippen LogP contribution >= 0.6 is 0 Å². The van der Waals surface area contributed by atoms with Gasteiger partial charge in [-0.1, -0.05) is 50.2 Å². The van der Waals surface area contributed by atoms with E-state index >= 15 is 26.3 Å². The van der Waals surface area contributed by atoms with Crippen molar-refractivity contribution in [2.75, 3.05) is 4.90 Å². The van der Waals surface area contributed by atoms with Gasteiger partial charge in [0.1, 0.15) is 0 Å². The average molecular weight is 983 g/mol. The van der Waals surface area contributed by atoms with Gasteiger partial charge in [-0.15, -0.1) is 0 Å². The topological polar surface area (TPSA) is 124 Å². The Bertz CT molecular complexity index is 2690. The number of nitrogens with zero attached hydrogens (tertiary/aromatic N) is 1. The molecule has 26 heteroatoms. The number of carbonyl (C=O) groups is 4. The van der Waals surface area contributed by atoms with Crippen LogP contribution in [0.25, 0.3) is 0 Å². The highest BCUT2D eigenvalue weighted by Crippen LogP contribution is 2.58. The summed E-state index contributed by atoms with van der Waals surface area (Å²) in [6, 6.07) is 2.40. The largest absolute Gasteiger partial charge is 0.430 e. The molecule has 4 aromatic rings. The van der Waals surface area contributed by atoms with Crippen LogP contribution in [0.5, 0.6) is 0 Å². The Morgan fingerprint density at radius 1 is 0.478 bits per heavy atom. The zero-order chi connectivity index (χ0) is 50.8. The Morgan fingerprint density at radius 3 is 1.34 bits per heavy atom. The van der Waals surface area contributed by atoms with E-state index in [4.69, 9.17) is 0 Å². The number of amides is 4. The second-order valence-electron chi connectivity index (χ2n) is 15.5. The number of imide groups is 2. The molecule has 2 aliphatic heterocycles. The SMILES string of the molecule is CC(C)c1ccc(Cc2ccc(N3C(=O)c4ccc(C(c5ccc6c(c5)C(=O)NC6=O)(C(F)(F)F)C(F)(F)F)cc4C3=O)c(C(O)(C(F)(F)F)C(F)(F)F)c2)cc1C(O)(C(F)(F)F)C(F)(F)F. The monoisotopic (exact) mass is 982 g/mol. The van der Waals surface area contributed by atoms with E-state index in [9.17, 15) is 82.1 Å². The number of carbonyl (C=O) groups excluding carboxylic acids is 4. The van der Waals surface area contributed by atoms with Gasteiger partial charge in [0.2, 0.25) is 5.41 Å². The second-order valence-corrected chi connectivity index (χ2v) is 15.5. The first kappa shape index (κ1) is 50.2. The van der Waals surface area contributed by atoms with Crippen molar-refractivity contribution in [1.29, 1.82) is 0 Å². The quantitative estimate of drug-likeness (QED) is 0.119. The summed E-state index contributed by atoms with van der Waals surface area (Å²) in [4.78, 5) is 51.3. The molecule has 4 aromatic carbocycles. The van der Waals surface area contributed by atoms with Gasteiger partial charge < -0.3 is 10.2 Å². The van der Waals surface area contributed by atoms with E-state index in [1.165, 1.54) is 0 Å². The minimum absolute atomic E-state index is 0.0177. The summed E-state index contributed by atoms with van der Waals surface area (Å²) in [7, 11) is 0. The maximum Gasteiger partial charge on any atom is 0.430 e. The third kappa shape index (κ3) is 7.45. The Hall–Kier alpha value is -6.18. The summed E-state index contributed by atoms with van der Waals surface area (Å²) in [5.41, 5.74) is -33.7. The van der Waals surface area contributed by atoms with E-state index in [0.29, 0.717) is 18.2 Å². The first-order chi connectivity index (χ1) is 30.3. The predicted molar refractivity (Wildman–Crippen MR) is 191 cm³/mol. The molecular formula is C41H24F18N2O6. The minimum atomic E-state index is -6.89. The van der Waals surface area contributed by atoms with Gasteiger partial charge in [0.05, 0.1) is 27.9 Å². The highest BCUT2D eigenvalue weighted by Gasteiger charge is 2.75. The molecule has 0 aromatic heterocycles. The number of benzene rings is 4. The standard InChI is InChI=1S/C41H24F18N2O6/c1-16(2)21-7-3-17(12-26(21)34(66,38(48,49)50)39(51,52)53)11-18-4-10-28(27(13-18)35(67,40(54,55)56)41(57,58)59)61-31(64)23-9-6-20(15-25(23)32(61)65)33(36(42,43)44,37(45,46)47)19-5-8-22-24(14-19)30(63)60-29(22)62/h3-10,12-16,66-67H,11H2,1-2H3,(H,60,62,63). The summed E-state index contributed by atoms with van der Waals surface area (Å²) >= 11 is 0. The third-order valence-corrected chi connectivity index (χ3v) is 11.2. The number of alkyl halides is 18. The zero-order valence-electron chi connectivity index (χ0n) is 33.0. The van der Waals surface area contributed by atoms with Crippen molar-refractivity contribution >= 4 is 29.3 Å². The lowest BCUT2D eigenvalue weighted by Crippen LogP contribution is -2.55. The molecule has 0 radical (unpaired) electrons. The molecule has 360 valence electrons. The summed E-state index contributed by atoms with van der Waals surface area (Å²) < 4.78 is 262. The lowest BCUT2D eigenvalue weighted by Gasteiger charge is -2.38. The van der Waals surface area contributed by atoms with Crippen LogP contribution in [0, 0.1) is 0 Å². The fraction of sp³-hybridized carbons (Fsp3) is 0.317. The van der Waals surface area contributed by atoms with Crippen LogP contribution in [0.15, 0.2) is 72.8 Å². The molecule has 2 heterocycles. The molecular weight excluding hydrogens is 958 g/mol. The molecule has 0 spiro atoms. The highest BCUT2D eigenvalue weighted by molar-refractivity contribution is 6.34. The normalized spacial score (nSPS) is 15.7. The molecule has 0 saturated carbocycles. The summed E-state index contributed by atoms with van der Waals surface area (Å²) in [6.07, 6.45) is -40.9. The molecule has 0 bridgehead atoms. The number of anilines is 1. The van der Waals surface area contributed by atoms with E-state index in [2.05, 4.69) is 0 Å². The van der Waals surface area contributed by atoms with Crippen LogP contribution < -0.4 is 10.2 Å². The molecule has 0 aliphatic carbocycles. The third-order valence-electron chi connectivity index (χ3n) is 11.2. The maximum absolute atomic E-state index is 15.1. The fourth-order valence-corrected chi connectivity index (χ4v) is 7.95. The van der Waals surface area contributed by atoms with Gasteiger partial charge in [-0.05, 0) is 76.6 Å². The average Bonchev–Trinajstić information content (AvgIpc) is 3.59. The number of aliphatic hydroxyl groups is 2. The molecule has 8 nitrogen and oxygen atoms in total. The Labute approximate surface area is 361 Å². The van der Waals surface area contributed by atoms with Gasteiger partial charge >= 0.3 is 37.1 Å². The van der Waals surface area contributed by atoms with E-state index in [-0.39, 0.29) is 48.5 Å². The minimum Gasteiger partial charge on any atom is -0.369 e. The molecule has 0 atom stereocenters. The van der Waals surface area contributed by atoms with Crippen molar-refractivity contribution in [1.82, 2.24) is 5.32 Å². The summed E-state index contributed by atoms with van der Waals surface area (Å²) in [5.74, 6) is -7.98. The molecule has 67 heavy (non-hydrogen) atoms. The van der Waals surface area contributed by atoms with Gasteiger partial charge in [0, 0.05) is 11.1 Å². The van der Waals surface area contributed by atoms with Gasteiger partial charge in [0.15, 0.2) is 0 Å². The van der Waals surface area contributed by atoms with Gasteiger partial charge in [0.25, 0.3) is 34.8 Å². The number of nitrogens with one attached hydrogen (secondary N) is 1. The van der Waals surface area contributed by atoms with Gasteiger partial charge in [-0.3, -0.25) is 24.5 Å².